The van der Waals surface area contributed by atoms with Crippen LogP contribution < -0.4 is 0 Å². The summed E-state index contributed by atoms with van der Waals surface area (Å²) >= 11 is 0. The molecule has 4 heterocycles. The fourth-order valence-corrected chi connectivity index (χ4v) is 5.87. The third-order valence-corrected chi connectivity index (χ3v) is 7.78. The summed E-state index contributed by atoms with van der Waals surface area (Å²) in [5, 5.41) is 1.29. The molecule has 2 aromatic heterocycles. The first-order valence-corrected chi connectivity index (χ1v) is 12.9. The summed E-state index contributed by atoms with van der Waals surface area (Å²) < 4.78 is 2.30. The molecule has 0 bridgehead atoms. The number of hydrogen-bond acceptors (Lipinski definition) is 4. The van der Waals surface area contributed by atoms with E-state index in [9.17, 15) is 4.79 Å². The molecule has 2 aliphatic rings. The Morgan fingerprint density at radius 3 is 2.83 bits per heavy atom. The van der Waals surface area contributed by atoms with Crippen LogP contribution in [-0.2, 0) is 20.1 Å². The van der Waals surface area contributed by atoms with Crippen molar-refractivity contribution in [2.24, 2.45) is 18.0 Å². The first-order valence-electron chi connectivity index (χ1n) is 12.9. The van der Waals surface area contributed by atoms with Crippen molar-refractivity contribution in [3.8, 4) is 0 Å². The number of aromatic nitrogens is 2. The summed E-state index contributed by atoms with van der Waals surface area (Å²) in [5.41, 5.74) is 8.71. The van der Waals surface area contributed by atoms with E-state index in [1.54, 1.807) is 0 Å². The van der Waals surface area contributed by atoms with Gasteiger partial charge in [-0.3, -0.25) is 19.7 Å². The molecule has 0 N–H and O–H groups in total. The molecule has 36 heavy (non-hydrogen) atoms. The predicted molar refractivity (Wildman–Crippen MR) is 145 cm³/mol. The second-order valence-electron chi connectivity index (χ2n) is 10.3. The van der Waals surface area contributed by atoms with E-state index < -0.39 is 0 Å². The largest absolute Gasteiger partial charge is 0.346 e. The minimum atomic E-state index is 0.242. The van der Waals surface area contributed by atoms with Crippen molar-refractivity contribution in [1.29, 1.82) is 0 Å². The minimum Gasteiger partial charge on any atom is -0.346 e. The molecule has 0 aliphatic carbocycles. The summed E-state index contributed by atoms with van der Waals surface area (Å²) in [6.07, 6.45) is 4.69. The Balaban J connectivity index is 1.14. The van der Waals surface area contributed by atoms with E-state index >= 15 is 0 Å². The van der Waals surface area contributed by atoms with Gasteiger partial charge in [-0.1, -0.05) is 30.3 Å². The molecule has 0 unspecified atom stereocenters. The van der Waals surface area contributed by atoms with Gasteiger partial charge in [0.1, 0.15) is 0 Å². The molecule has 0 amide bonds. The van der Waals surface area contributed by atoms with E-state index in [4.69, 9.17) is 4.99 Å². The molecule has 182 valence electrons. The molecule has 0 radical (unpaired) electrons. The lowest BCUT2D eigenvalue weighted by atomic mass is 9.89. The second kappa shape index (κ2) is 9.47. The molecular formula is C31H32N4O. The molecule has 2 aromatic carbocycles. The van der Waals surface area contributed by atoms with Crippen LogP contribution in [0.2, 0.25) is 0 Å². The Morgan fingerprint density at radius 2 is 1.97 bits per heavy atom. The average Bonchev–Trinajstić information content (AvgIpc) is 3.45. The number of rotatable bonds is 6. The van der Waals surface area contributed by atoms with Gasteiger partial charge >= 0.3 is 0 Å². The van der Waals surface area contributed by atoms with Gasteiger partial charge in [0.05, 0.1) is 12.3 Å². The summed E-state index contributed by atoms with van der Waals surface area (Å²) in [4.78, 5) is 25.0. The molecule has 1 saturated heterocycles. The Morgan fingerprint density at radius 1 is 1.08 bits per heavy atom. The number of likely N-dealkylation sites (tertiary alicyclic amines) is 1. The number of hydrogen-bond donors (Lipinski definition) is 0. The van der Waals surface area contributed by atoms with Crippen LogP contribution in [0.1, 0.15) is 57.7 Å². The zero-order valence-electron chi connectivity index (χ0n) is 21.1. The zero-order chi connectivity index (χ0) is 24.6. The van der Waals surface area contributed by atoms with Crippen molar-refractivity contribution in [3.05, 3.63) is 101 Å². The van der Waals surface area contributed by atoms with Gasteiger partial charge in [-0.2, -0.15) is 0 Å². The number of aryl methyl sites for hydroxylation is 2. The number of fused-ring (bicyclic) bond motifs is 2. The maximum absolute atomic E-state index is 13.4. The third-order valence-electron chi connectivity index (χ3n) is 7.78. The molecule has 2 aliphatic heterocycles. The molecule has 6 rings (SSSR count). The number of nitrogens with zero attached hydrogens (tertiary/aromatic N) is 4. The molecule has 1 fully saturated rings. The molecule has 5 nitrogen and oxygen atoms in total. The fraction of sp³-hybridized carbons (Fsp3) is 0.323. The Bertz CT molecular complexity index is 1480. The maximum atomic E-state index is 13.4. The highest BCUT2D eigenvalue weighted by atomic mass is 16.1. The molecule has 5 heteroatoms. The van der Waals surface area contributed by atoms with Crippen LogP contribution in [0.4, 0.5) is 0 Å². The Hall–Kier alpha value is -3.57. The first kappa shape index (κ1) is 22.9. The smallest absolute Gasteiger partial charge is 0.163 e. The van der Waals surface area contributed by atoms with Gasteiger partial charge < -0.3 is 4.57 Å². The lowest BCUT2D eigenvalue weighted by molar-refractivity contribution is 0.0911. The van der Waals surface area contributed by atoms with Crippen LogP contribution in [0.5, 0.6) is 0 Å². The predicted octanol–water partition coefficient (Wildman–Crippen LogP) is 5.72. The molecule has 1 atom stereocenters. The number of carbonyl (C=O) groups is 1. The lowest BCUT2D eigenvalue weighted by Gasteiger charge is -2.32. The van der Waals surface area contributed by atoms with Gasteiger partial charge in [0, 0.05) is 66.3 Å². The van der Waals surface area contributed by atoms with Crippen molar-refractivity contribution in [1.82, 2.24) is 14.5 Å². The van der Waals surface area contributed by atoms with Crippen molar-refractivity contribution < 1.29 is 4.79 Å². The van der Waals surface area contributed by atoms with E-state index in [1.807, 2.05) is 25.3 Å². The summed E-state index contributed by atoms with van der Waals surface area (Å²) in [6, 6.07) is 21.1. The van der Waals surface area contributed by atoms with Gasteiger partial charge in [-0.25, -0.2) is 0 Å². The summed E-state index contributed by atoms with van der Waals surface area (Å²) in [7, 11) is 2.15. The quantitative estimate of drug-likeness (QED) is 0.335. The number of carbonyl (C=O) groups excluding carboxylic acids is 1. The van der Waals surface area contributed by atoms with E-state index in [-0.39, 0.29) is 5.78 Å². The van der Waals surface area contributed by atoms with Crippen LogP contribution in [0.25, 0.3) is 10.9 Å². The Kier molecular flexibility index (Phi) is 6.02. The second-order valence-corrected chi connectivity index (χ2v) is 10.3. The zero-order valence-corrected chi connectivity index (χ0v) is 21.1. The van der Waals surface area contributed by atoms with Crippen LogP contribution in [0, 0.1) is 12.8 Å². The van der Waals surface area contributed by atoms with Gasteiger partial charge in [-0.05, 0) is 73.5 Å². The van der Waals surface area contributed by atoms with Gasteiger partial charge in [-0.15, -0.1) is 0 Å². The van der Waals surface area contributed by atoms with Crippen LogP contribution in [0.3, 0.4) is 0 Å². The van der Waals surface area contributed by atoms with Gasteiger partial charge in [0.15, 0.2) is 5.78 Å². The minimum absolute atomic E-state index is 0.242. The fourth-order valence-electron chi connectivity index (χ4n) is 5.87. The first-order chi connectivity index (χ1) is 17.5. The topological polar surface area (TPSA) is 50.5 Å². The van der Waals surface area contributed by atoms with Crippen molar-refractivity contribution >= 4 is 22.4 Å². The van der Waals surface area contributed by atoms with E-state index in [0.29, 0.717) is 18.9 Å². The highest BCUT2D eigenvalue weighted by Gasteiger charge is 2.25. The van der Waals surface area contributed by atoms with Crippen LogP contribution in [-0.4, -0.2) is 39.0 Å². The summed E-state index contributed by atoms with van der Waals surface area (Å²) in [6.45, 7) is 5.66. The van der Waals surface area contributed by atoms with Crippen LogP contribution in [0.15, 0.2) is 71.9 Å². The number of para-hydroxylation sites is 1. The van der Waals surface area contributed by atoms with E-state index in [2.05, 4.69) is 70.0 Å². The lowest BCUT2D eigenvalue weighted by Crippen LogP contribution is -2.36. The van der Waals surface area contributed by atoms with E-state index in [0.717, 1.165) is 60.6 Å². The van der Waals surface area contributed by atoms with Crippen molar-refractivity contribution in [2.75, 3.05) is 13.1 Å². The Labute approximate surface area is 212 Å². The number of aliphatic imine (C=N–C) groups is 1. The monoisotopic (exact) mass is 476 g/mol. The normalized spacial score (nSPS) is 17.8. The number of pyridine rings is 1. The number of benzene rings is 2. The average molecular weight is 477 g/mol. The van der Waals surface area contributed by atoms with E-state index in [1.165, 1.54) is 22.2 Å². The molecular weight excluding hydrogens is 444 g/mol. The number of ketones is 1. The number of Topliss-reactive ketones (excluding diaryl/α,β-unsaturated/α-hetero) is 1. The van der Waals surface area contributed by atoms with Crippen molar-refractivity contribution in [2.45, 2.75) is 39.3 Å². The van der Waals surface area contributed by atoms with Crippen LogP contribution >= 0.6 is 0 Å². The molecule has 0 spiro atoms. The SMILES string of the molecule is Cc1cc(C2=NCc3ccc(C(=O)C[C@@H]4CCCN(Cc5cc6ccccc6n5C)C4)cc32)ccn1. The maximum Gasteiger partial charge on any atom is 0.163 e. The summed E-state index contributed by atoms with van der Waals surface area (Å²) in [5.74, 6) is 0.636. The molecule has 0 saturated carbocycles. The highest BCUT2D eigenvalue weighted by Crippen LogP contribution is 2.28. The number of piperidine rings is 1. The van der Waals surface area contributed by atoms with Gasteiger partial charge in [0.25, 0.3) is 0 Å². The third kappa shape index (κ3) is 4.40. The van der Waals surface area contributed by atoms with Gasteiger partial charge in [0.2, 0.25) is 0 Å². The molecule has 4 aromatic rings. The van der Waals surface area contributed by atoms with Crippen molar-refractivity contribution in [3.63, 3.8) is 0 Å². The highest BCUT2D eigenvalue weighted by molar-refractivity contribution is 6.16. The standard InChI is InChI=1S/C31H32N4O/c1-21-14-25(11-12-32-21)31-28-17-24(9-10-26(28)18-33-31)30(36)15-22-6-5-13-35(19-22)20-27-16-23-7-3-4-8-29(23)34(27)2/h3-4,7-12,14,16-17,22H,5-6,13,15,18-20H2,1-2H3/t22-/m0/s1.